The van der Waals surface area contributed by atoms with Gasteiger partial charge in [-0.05, 0) is 32.4 Å². The first-order valence-corrected chi connectivity index (χ1v) is 6.82. The van der Waals surface area contributed by atoms with Gasteiger partial charge in [0.25, 0.3) is 5.91 Å². The van der Waals surface area contributed by atoms with Gasteiger partial charge in [-0.3, -0.25) is 9.69 Å². The quantitative estimate of drug-likeness (QED) is 0.834. The van der Waals surface area contributed by atoms with Crippen LogP contribution in [0.3, 0.4) is 0 Å². The second-order valence-electron chi connectivity index (χ2n) is 5.62. The third-order valence-electron chi connectivity index (χ3n) is 3.52. The van der Waals surface area contributed by atoms with Crippen LogP contribution in [0, 0.1) is 0 Å². The summed E-state index contributed by atoms with van der Waals surface area (Å²) < 4.78 is 0. The van der Waals surface area contributed by atoms with Crippen LogP contribution in [0.2, 0.25) is 0 Å². The molecule has 1 fully saturated rings. The van der Waals surface area contributed by atoms with Crippen LogP contribution in [0.4, 0.5) is 10.5 Å². The van der Waals surface area contributed by atoms with Crippen LogP contribution in [-0.2, 0) is 4.79 Å². The van der Waals surface area contributed by atoms with Gasteiger partial charge in [0.15, 0.2) is 0 Å². The molecular weight excluding hydrogens is 254 g/mol. The summed E-state index contributed by atoms with van der Waals surface area (Å²) in [7, 11) is 2.01. The third kappa shape index (κ3) is 2.92. The molecule has 1 aliphatic rings. The normalized spacial score (nSPS) is 17.2. The van der Waals surface area contributed by atoms with Gasteiger partial charge in [0.2, 0.25) is 0 Å². The van der Waals surface area contributed by atoms with Gasteiger partial charge in [0.05, 0.1) is 0 Å². The summed E-state index contributed by atoms with van der Waals surface area (Å²) in [6.45, 7) is 4.69. The van der Waals surface area contributed by atoms with Gasteiger partial charge in [0.1, 0.15) is 5.54 Å². The number of anilines is 1. The molecule has 0 bridgehead atoms. The van der Waals surface area contributed by atoms with E-state index in [0.29, 0.717) is 6.54 Å². The summed E-state index contributed by atoms with van der Waals surface area (Å²) in [5.74, 6) is -0.148. The van der Waals surface area contributed by atoms with Crippen molar-refractivity contribution in [2.75, 3.05) is 25.0 Å². The predicted molar refractivity (Wildman–Crippen MR) is 78.7 cm³/mol. The minimum atomic E-state index is -0.775. The number of benzene rings is 1. The fraction of sp³-hybridized carbons (Fsp3) is 0.467. The molecule has 0 spiro atoms. The molecule has 0 radical (unpaired) electrons. The van der Waals surface area contributed by atoms with Gasteiger partial charge >= 0.3 is 6.03 Å². The van der Waals surface area contributed by atoms with Crippen LogP contribution in [0.15, 0.2) is 30.3 Å². The zero-order valence-electron chi connectivity index (χ0n) is 12.2. The standard InChI is InChI=1S/C15H21N3O2/c1-15(2)13(19)18(14(20)16-15)11-7-10-17(3)12-8-5-4-6-9-12/h4-6,8-9H,7,10-11H2,1-3H3,(H,16,20). The first-order valence-electron chi connectivity index (χ1n) is 6.82. The largest absolute Gasteiger partial charge is 0.375 e. The highest BCUT2D eigenvalue weighted by Gasteiger charge is 2.43. The molecular formula is C15H21N3O2. The number of imide groups is 1. The molecule has 1 aromatic carbocycles. The summed E-state index contributed by atoms with van der Waals surface area (Å²) >= 11 is 0. The second-order valence-corrected chi connectivity index (χ2v) is 5.62. The van der Waals surface area contributed by atoms with Crippen molar-refractivity contribution in [3.05, 3.63) is 30.3 Å². The Morgan fingerprint density at radius 2 is 1.85 bits per heavy atom. The average molecular weight is 275 g/mol. The highest BCUT2D eigenvalue weighted by Crippen LogP contribution is 2.17. The zero-order valence-corrected chi connectivity index (χ0v) is 12.2. The van der Waals surface area contributed by atoms with Gasteiger partial charge in [-0.25, -0.2) is 4.79 Å². The molecule has 0 atom stereocenters. The number of nitrogens with zero attached hydrogens (tertiary/aromatic N) is 2. The molecule has 20 heavy (non-hydrogen) atoms. The number of carbonyl (C=O) groups is 2. The van der Waals surface area contributed by atoms with Crippen LogP contribution < -0.4 is 10.2 Å². The van der Waals surface area contributed by atoms with E-state index in [1.165, 1.54) is 4.90 Å². The van der Waals surface area contributed by atoms with E-state index in [1.807, 2.05) is 37.4 Å². The number of para-hydroxylation sites is 1. The Morgan fingerprint density at radius 1 is 1.20 bits per heavy atom. The summed E-state index contributed by atoms with van der Waals surface area (Å²) in [6, 6.07) is 9.75. The van der Waals surface area contributed by atoms with Crippen molar-refractivity contribution in [3.63, 3.8) is 0 Å². The van der Waals surface area contributed by atoms with Crippen molar-refractivity contribution in [1.29, 1.82) is 0 Å². The Kier molecular flexibility index (Phi) is 3.97. The topological polar surface area (TPSA) is 52.6 Å². The molecule has 108 valence electrons. The molecule has 1 aliphatic heterocycles. The molecule has 5 nitrogen and oxygen atoms in total. The Labute approximate surface area is 119 Å². The van der Waals surface area contributed by atoms with E-state index < -0.39 is 5.54 Å². The Bertz CT molecular complexity index is 499. The first-order chi connectivity index (χ1) is 9.42. The number of amides is 3. The van der Waals surface area contributed by atoms with E-state index in [1.54, 1.807) is 13.8 Å². The van der Waals surface area contributed by atoms with Crippen molar-refractivity contribution in [2.45, 2.75) is 25.8 Å². The Hall–Kier alpha value is -2.04. The molecule has 0 unspecified atom stereocenters. The predicted octanol–water partition coefficient (Wildman–Crippen LogP) is 1.84. The van der Waals surface area contributed by atoms with Gasteiger partial charge in [0, 0.05) is 25.8 Å². The summed E-state index contributed by atoms with van der Waals surface area (Å²) in [4.78, 5) is 27.2. The number of carbonyl (C=O) groups excluding carboxylic acids is 2. The van der Waals surface area contributed by atoms with E-state index in [4.69, 9.17) is 0 Å². The number of urea groups is 1. The van der Waals surface area contributed by atoms with Crippen molar-refractivity contribution in [3.8, 4) is 0 Å². The van der Waals surface area contributed by atoms with Crippen LogP contribution in [0.25, 0.3) is 0 Å². The number of nitrogens with one attached hydrogen (secondary N) is 1. The van der Waals surface area contributed by atoms with Gasteiger partial charge in [-0.15, -0.1) is 0 Å². The zero-order chi connectivity index (χ0) is 14.8. The highest BCUT2D eigenvalue weighted by molar-refractivity contribution is 6.06. The molecule has 1 N–H and O–H groups in total. The summed E-state index contributed by atoms with van der Waals surface area (Å²) in [5, 5.41) is 2.69. The molecule has 1 saturated heterocycles. The van der Waals surface area contributed by atoms with Crippen molar-refractivity contribution >= 4 is 17.6 Å². The molecule has 0 aromatic heterocycles. The van der Waals surface area contributed by atoms with Crippen molar-refractivity contribution < 1.29 is 9.59 Å². The van der Waals surface area contributed by atoms with E-state index in [9.17, 15) is 9.59 Å². The lowest BCUT2D eigenvalue weighted by Gasteiger charge is -2.21. The monoisotopic (exact) mass is 275 g/mol. The summed E-state index contributed by atoms with van der Waals surface area (Å²) in [6.07, 6.45) is 0.751. The lowest BCUT2D eigenvalue weighted by molar-refractivity contribution is -0.130. The summed E-state index contributed by atoms with van der Waals surface area (Å²) in [5.41, 5.74) is 0.354. The minimum Gasteiger partial charge on any atom is -0.375 e. The highest BCUT2D eigenvalue weighted by atomic mass is 16.2. The Morgan fingerprint density at radius 3 is 2.40 bits per heavy atom. The maximum absolute atomic E-state index is 12.0. The molecule has 1 aromatic rings. The molecule has 5 heteroatoms. The van der Waals surface area contributed by atoms with Gasteiger partial charge in [-0.2, -0.15) is 0 Å². The maximum Gasteiger partial charge on any atom is 0.325 e. The number of hydrogen-bond acceptors (Lipinski definition) is 3. The van der Waals surface area contributed by atoms with Gasteiger partial charge in [-0.1, -0.05) is 18.2 Å². The molecule has 0 saturated carbocycles. The lowest BCUT2D eigenvalue weighted by Crippen LogP contribution is -2.40. The van der Waals surface area contributed by atoms with E-state index in [-0.39, 0.29) is 11.9 Å². The average Bonchev–Trinajstić information content (AvgIpc) is 2.61. The Balaban J connectivity index is 1.85. The SMILES string of the molecule is CN(CCCN1C(=O)NC(C)(C)C1=O)c1ccccc1. The molecule has 2 rings (SSSR count). The van der Waals surface area contributed by atoms with Crippen LogP contribution >= 0.6 is 0 Å². The molecule has 1 heterocycles. The van der Waals surface area contributed by atoms with E-state index in [2.05, 4.69) is 10.2 Å². The number of hydrogen-bond donors (Lipinski definition) is 1. The van der Waals surface area contributed by atoms with Crippen LogP contribution in [-0.4, -0.2) is 42.5 Å². The van der Waals surface area contributed by atoms with Crippen LogP contribution in [0.5, 0.6) is 0 Å². The molecule has 3 amide bonds. The third-order valence-corrected chi connectivity index (χ3v) is 3.52. The fourth-order valence-corrected chi connectivity index (χ4v) is 2.30. The first kappa shape index (κ1) is 14.4. The van der Waals surface area contributed by atoms with Crippen molar-refractivity contribution in [2.24, 2.45) is 0 Å². The van der Waals surface area contributed by atoms with E-state index >= 15 is 0 Å². The smallest absolute Gasteiger partial charge is 0.325 e. The van der Waals surface area contributed by atoms with Crippen LogP contribution in [0.1, 0.15) is 20.3 Å². The van der Waals surface area contributed by atoms with E-state index in [0.717, 1.165) is 18.7 Å². The minimum absolute atomic E-state index is 0.148. The fourth-order valence-electron chi connectivity index (χ4n) is 2.30. The van der Waals surface area contributed by atoms with Crippen molar-refractivity contribution in [1.82, 2.24) is 10.2 Å². The lowest BCUT2D eigenvalue weighted by atomic mass is 10.1. The maximum atomic E-state index is 12.0. The molecule has 0 aliphatic carbocycles. The second kappa shape index (κ2) is 5.53. The van der Waals surface area contributed by atoms with Gasteiger partial charge < -0.3 is 10.2 Å². The number of rotatable bonds is 5.